The molecule has 2 aromatic carbocycles. The van der Waals surface area contributed by atoms with Crippen LogP contribution in [0.5, 0.6) is 23.0 Å². The maximum absolute atomic E-state index is 13.8. The quantitative estimate of drug-likeness (QED) is 0.183. The van der Waals surface area contributed by atoms with Gasteiger partial charge in [0.1, 0.15) is 35.2 Å². The van der Waals surface area contributed by atoms with Crippen molar-refractivity contribution in [1.29, 1.82) is 0 Å². The molecule has 0 spiro atoms. The van der Waals surface area contributed by atoms with E-state index < -0.39 is 69.2 Å². The number of alkyl halides is 2. The van der Waals surface area contributed by atoms with Crippen molar-refractivity contribution in [3.8, 4) is 23.0 Å². The molecule has 2 aliphatic carbocycles. The molecule has 39 heavy (non-hydrogen) atoms. The van der Waals surface area contributed by atoms with Gasteiger partial charge in [-0.2, -0.15) is 17.2 Å². The number of aromatic hydroxyl groups is 1. The van der Waals surface area contributed by atoms with E-state index >= 15 is 0 Å². The Morgan fingerprint density at radius 1 is 1.03 bits per heavy atom. The Balaban J connectivity index is 1.29. The molecular weight excluding hydrogens is 776 g/mol. The number of hydrogen-bond donors (Lipinski definition) is 2. The lowest BCUT2D eigenvalue weighted by molar-refractivity contribution is -0.178. The predicted octanol–water partition coefficient (Wildman–Crippen LogP) is 3.50. The summed E-state index contributed by atoms with van der Waals surface area (Å²) in [5.41, 5.74) is 0. The summed E-state index contributed by atoms with van der Waals surface area (Å²) in [5.74, 6) is -6.85. The summed E-state index contributed by atoms with van der Waals surface area (Å²) in [6, 6.07) is 9.14. The first-order valence-electron chi connectivity index (χ1n) is 11.1. The number of ether oxygens (including phenoxy) is 4. The lowest BCUT2D eigenvalue weighted by atomic mass is 9.78. The standard InChI is InChI=1S/C23H16F2I2O11S/c24-23(25,39(32,33)34)22(31)38-19-12-7-11-16(21(30)37-18(11)19)15(12)20(29)36-9-3-1-8(2-4-9)35-10-5-13(26)17(28)14(27)6-10/h1-6,11-12,15-16,18-19,28H,7H2,(H,32,33,34). The summed E-state index contributed by atoms with van der Waals surface area (Å²) < 4.78 is 80.3. The molecule has 2 bridgehead atoms. The zero-order valence-corrected chi connectivity index (χ0v) is 24.3. The van der Waals surface area contributed by atoms with Gasteiger partial charge in [0, 0.05) is 11.8 Å². The Labute approximate surface area is 246 Å². The molecule has 0 amide bonds. The molecular formula is C23H16F2I2O11S. The molecule has 5 rings (SSSR count). The van der Waals surface area contributed by atoms with E-state index in [1.54, 1.807) is 12.1 Å². The maximum atomic E-state index is 13.8. The first-order chi connectivity index (χ1) is 18.2. The van der Waals surface area contributed by atoms with E-state index in [1.165, 1.54) is 24.3 Å². The SMILES string of the molecule is O=C1OC2C3CC(C2OC(=O)C(F)(F)S(=O)(=O)O)C(C(=O)Oc2ccc(Oc4cc(I)c(O)c(I)c4)cc2)C13. The van der Waals surface area contributed by atoms with Crippen molar-refractivity contribution < 1.29 is 60.2 Å². The highest BCUT2D eigenvalue weighted by Crippen LogP contribution is 2.59. The van der Waals surface area contributed by atoms with Crippen LogP contribution in [0.2, 0.25) is 0 Å². The molecule has 1 aliphatic heterocycles. The Morgan fingerprint density at radius 2 is 1.62 bits per heavy atom. The number of benzene rings is 2. The number of hydrogen-bond acceptors (Lipinski definition) is 10. The van der Waals surface area contributed by atoms with Gasteiger partial charge in [0.05, 0.1) is 19.0 Å². The second-order valence-corrected chi connectivity index (χ2v) is 12.9. The summed E-state index contributed by atoms with van der Waals surface area (Å²) in [4.78, 5) is 37.4. The van der Waals surface area contributed by atoms with Gasteiger partial charge in [0.25, 0.3) is 0 Å². The van der Waals surface area contributed by atoms with Crippen LogP contribution >= 0.6 is 45.2 Å². The molecule has 11 nitrogen and oxygen atoms in total. The lowest BCUT2D eigenvalue weighted by Crippen LogP contribution is -2.48. The molecule has 1 saturated heterocycles. The third-order valence-electron chi connectivity index (χ3n) is 6.89. The van der Waals surface area contributed by atoms with E-state index in [9.17, 15) is 36.7 Å². The zero-order valence-electron chi connectivity index (χ0n) is 19.1. The third kappa shape index (κ3) is 4.92. The van der Waals surface area contributed by atoms with Crippen LogP contribution in [-0.2, 0) is 34.0 Å². The first-order valence-corrected chi connectivity index (χ1v) is 14.7. The van der Waals surface area contributed by atoms with Gasteiger partial charge in [-0.1, -0.05) is 0 Å². The van der Waals surface area contributed by atoms with Crippen LogP contribution in [0.4, 0.5) is 8.78 Å². The van der Waals surface area contributed by atoms with Crippen LogP contribution in [0.25, 0.3) is 0 Å². The highest BCUT2D eigenvalue weighted by molar-refractivity contribution is 14.1. The van der Waals surface area contributed by atoms with Crippen LogP contribution in [0.15, 0.2) is 36.4 Å². The van der Waals surface area contributed by atoms with E-state index in [0.717, 1.165) is 0 Å². The highest BCUT2D eigenvalue weighted by Gasteiger charge is 2.71. The van der Waals surface area contributed by atoms with Crippen LogP contribution in [0, 0.1) is 30.8 Å². The monoisotopic (exact) mass is 792 g/mol. The third-order valence-corrected chi connectivity index (χ3v) is 9.35. The Morgan fingerprint density at radius 3 is 2.21 bits per heavy atom. The number of carbonyl (C=O) groups is 3. The molecule has 0 radical (unpaired) electrons. The van der Waals surface area contributed by atoms with Crippen molar-refractivity contribution in [2.75, 3.05) is 0 Å². The minimum Gasteiger partial charge on any atom is -0.506 e. The highest BCUT2D eigenvalue weighted by atomic mass is 127. The molecule has 3 aliphatic rings. The normalized spacial score (nSPS) is 27.3. The van der Waals surface area contributed by atoms with Crippen molar-refractivity contribution >= 4 is 73.2 Å². The Hall–Kier alpha value is -2.32. The van der Waals surface area contributed by atoms with Gasteiger partial charge in [0.2, 0.25) is 0 Å². The van der Waals surface area contributed by atoms with Crippen LogP contribution < -0.4 is 9.47 Å². The van der Waals surface area contributed by atoms with Crippen molar-refractivity contribution in [3.63, 3.8) is 0 Å². The fourth-order valence-electron chi connectivity index (χ4n) is 5.26. The van der Waals surface area contributed by atoms with Gasteiger partial charge in [-0.3, -0.25) is 14.1 Å². The van der Waals surface area contributed by atoms with Crippen LogP contribution in [-0.4, -0.2) is 53.4 Å². The molecule has 6 atom stereocenters. The maximum Gasteiger partial charge on any atom is 0.465 e. The van der Waals surface area contributed by atoms with Gasteiger partial charge in [-0.25, -0.2) is 4.79 Å². The summed E-state index contributed by atoms with van der Waals surface area (Å²) in [6.07, 6.45) is -2.53. The van der Waals surface area contributed by atoms with Crippen LogP contribution in [0.1, 0.15) is 6.42 Å². The first kappa shape index (κ1) is 28.2. The van der Waals surface area contributed by atoms with E-state index in [-0.39, 0.29) is 17.9 Å². The number of esters is 3. The van der Waals surface area contributed by atoms with Gasteiger partial charge in [-0.15, -0.1) is 0 Å². The second-order valence-electron chi connectivity index (χ2n) is 9.11. The summed E-state index contributed by atoms with van der Waals surface area (Å²) in [5, 5.41) is 4.65. The largest absolute Gasteiger partial charge is 0.506 e. The molecule has 2 aromatic rings. The fraction of sp³-hybridized carbons (Fsp3) is 0.348. The molecule has 2 N–H and O–H groups in total. The minimum absolute atomic E-state index is 0.0827. The molecule has 2 saturated carbocycles. The van der Waals surface area contributed by atoms with Gasteiger partial charge >= 0.3 is 33.3 Å². The average Bonchev–Trinajstić information content (AvgIpc) is 3.47. The second kappa shape index (κ2) is 9.95. The topological polar surface area (TPSA) is 163 Å². The van der Waals surface area contributed by atoms with Gasteiger partial charge < -0.3 is 24.1 Å². The number of fused-ring (bicyclic) bond motifs is 1. The molecule has 16 heteroatoms. The molecule has 1 heterocycles. The number of phenolic OH excluding ortho intramolecular Hbond substituents is 1. The van der Waals surface area contributed by atoms with Crippen molar-refractivity contribution in [3.05, 3.63) is 43.5 Å². The molecule has 6 unspecified atom stereocenters. The van der Waals surface area contributed by atoms with Crippen LogP contribution in [0.3, 0.4) is 0 Å². The number of rotatable bonds is 7. The minimum atomic E-state index is -6.11. The Kier molecular flexibility index (Phi) is 7.20. The molecule has 208 valence electrons. The fourth-order valence-corrected chi connectivity index (χ4v) is 7.23. The van der Waals surface area contributed by atoms with Crippen molar-refractivity contribution in [2.24, 2.45) is 23.7 Å². The zero-order chi connectivity index (χ0) is 28.4. The van der Waals surface area contributed by atoms with Gasteiger partial charge in [0.15, 0.2) is 0 Å². The number of phenols is 1. The summed E-state index contributed by atoms with van der Waals surface area (Å²) >= 11 is 3.92. The summed E-state index contributed by atoms with van der Waals surface area (Å²) in [6.45, 7) is 0. The molecule has 0 aromatic heterocycles. The van der Waals surface area contributed by atoms with E-state index in [2.05, 4.69) is 0 Å². The van der Waals surface area contributed by atoms with Gasteiger partial charge in [-0.05, 0) is 88.0 Å². The van der Waals surface area contributed by atoms with E-state index in [4.69, 9.17) is 23.5 Å². The molecule has 3 fully saturated rings. The summed E-state index contributed by atoms with van der Waals surface area (Å²) in [7, 11) is -6.11. The predicted molar refractivity (Wildman–Crippen MR) is 141 cm³/mol. The van der Waals surface area contributed by atoms with Crippen molar-refractivity contribution in [1.82, 2.24) is 0 Å². The van der Waals surface area contributed by atoms with Crippen molar-refractivity contribution in [2.45, 2.75) is 23.9 Å². The Bertz CT molecular complexity index is 1460. The lowest BCUT2D eigenvalue weighted by Gasteiger charge is -2.30. The number of carbonyl (C=O) groups excluding carboxylic acids is 3. The average molecular weight is 792 g/mol. The number of halogens is 4. The van der Waals surface area contributed by atoms with E-state index in [0.29, 0.717) is 18.6 Å². The smallest absolute Gasteiger partial charge is 0.465 e. The van der Waals surface area contributed by atoms with E-state index in [1.807, 2.05) is 45.2 Å².